The van der Waals surface area contributed by atoms with Gasteiger partial charge < -0.3 is 9.84 Å². The summed E-state index contributed by atoms with van der Waals surface area (Å²) in [6.07, 6.45) is -0.253. The van der Waals surface area contributed by atoms with Crippen LogP contribution in [0.25, 0.3) is 0 Å². The fourth-order valence-corrected chi connectivity index (χ4v) is 5.91. The zero-order chi connectivity index (χ0) is 25.6. The number of benzene rings is 2. The summed E-state index contributed by atoms with van der Waals surface area (Å²) in [5, 5.41) is 9.81. The predicted molar refractivity (Wildman–Crippen MR) is 139 cm³/mol. The fraction of sp³-hybridized carbons (Fsp3) is 0.481. The van der Waals surface area contributed by atoms with Gasteiger partial charge in [-0.25, -0.2) is 8.42 Å². The Morgan fingerprint density at radius 1 is 1.17 bits per heavy atom. The maximum absolute atomic E-state index is 13.6. The molecule has 190 valence electrons. The number of hydrogen-bond donors (Lipinski definition) is 1. The van der Waals surface area contributed by atoms with E-state index < -0.39 is 16.1 Å². The summed E-state index contributed by atoms with van der Waals surface area (Å²) in [4.78, 5) is 4.27. The van der Waals surface area contributed by atoms with E-state index in [1.807, 2.05) is 51.2 Å². The van der Waals surface area contributed by atoms with Gasteiger partial charge in [-0.15, -0.1) is 0 Å². The number of fused-ring (bicyclic) bond motifs is 1. The molecule has 7 nitrogen and oxygen atoms in total. The number of nitrogens with zero attached hydrogens (tertiary/aromatic N) is 3. The van der Waals surface area contributed by atoms with Gasteiger partial charge in [0.05, 0.1) is 13.2 Å². The van der Waals surface area contributed by atoms with Crippen molar-refractivity contribution >= 4 is 10.0 Å². The minimum Gasteiger partial charge on any atom is -0.487 e. The van der Waals surface area contributed by atoms with Crippen molar-refractivity contribution < 1.29 is 18.3 Å². The highest BCUT2D eigenvalue weighted by atomic mass is 32.2. The Morgan fingerprint density at radius 2 is 1.89 bits per heavy atom. The summed E-state index contributed by atoms with van der Waals surface area (Å²) in [6.45, 7) is 5.71. The average Bonchev–Trinajstić information content (AvgIpc) is 2.81. The van der Waals surface area contributed by atoms with Gasteiger partial charge in [0.15, 0.2) is 0 Å². The number of likely N-dealkylation sites (N-methyl/N-ethyl adjacent to an activating group) is 1. The van der Waals surface area contributed by atoms with Crippen LogP contribution in [0.5, 0.6) is 5.75 Å². The maximum atomic E-state index is 13.6. The van der Waals surface area contributed by atoms with Crippen LogP contribution in [0.4, 0.5) is 0 Å². The van der Waals surface area contributed by atoms with Crippen molar-refractivity contribution in [1.29, 1.82) is 0 Å². The standard InChI is InChI=1S/C27H37N3O4S/c1-21-17-30(22(2)20-31)35(32,33)27-14-13-23(12-9-15-28(3)4)16-25(27)34-26(21)19-29(5)18-24-10-7-6-8-11-24/h6-8,10-11,13-14,16,21-22,26,31H,15,17-20H2,1-5H3/t21-,22-,26+/m1/s1. The fourth-order valence-electron chi connectivity index (χ4n) is 4.09. The lowest BCUT2D eigenvalue weighted by molar-refractivity contribution is 0.0733. The van der Waals surface area contributed by atoms with Gasteiger partial charge in [-0.1, -0.05) is 49.1 Å². The molecule has 2 aromatic carbocycles. The molecule has 0 spiro atoms. The van der Waals surface area contributed by atoms with E-state index in [1.165, 1.54) is 9.87 Å². The molecule has 0 unspecified atom stereocenters. The lowest BCUT2D eigenvalue weighted by Crippen LogP contribution is -2.49. The molecule has 0 amide bonds. The molecule has 0 bridgehead atoms. The summed E-state index contributed by atoms with van der Waals surface area (Å²) in [5.41, 5.74) is 1.90. The number of hydrogen-bond acceptors (Lipinski definition) is 6. The van der Waals surface area contributed by atoms with Gasteiger partial charge >= 0.3 is 0 Å². The summed E-state index contributed by atoms with van der Waals surface area (Å²) in [6, 6.07) is 14.7. The number of aliphatic hydroxyl groups is 1. The van der Waals surface area contributed by atoms with Crippen LogP contribution in [0, 0.1) is 17.8 Å². The molecule has 2 aromatic rings. The Bertz CT molecular complexity index is 1140. The van der Waals surface area contributed by atoms with Crippen molar-refractivity contribution in [1.82, 2.24) is 14.1 Å². The van der Waals surface area contributed by atoms with E-state index in [4.69, 9.17) is 4.74 Å². The van der Waals surface area contributed by atoms with E-state index in [1.54, 1.807) is 25.1 Å². The van der Waals surface area contributed by atoms with Gasteiger partial charge in [0.1, 0.15) is 16.7 Å². The van der Waals surface area contributed by atoms with E-state index in [-0.39, 0.29) is 30.1 Å². The first kappa shape index (κ1) is 27.2. The van der Waals surface area contributed by atoms with Gasteiger partial charge in [-0.05, 0) is 51.8 Å². The van der Waals surface area contributed by atoms with E-state index in [2.05, 4.69) is 28.9 Å². The minimum absolute atomic E-state index is 0.103. The van der Waals surface area contributed by atoms with Crippen LogP contribution in [-0.2, 0) is 16.6 Å². The van der Waals surface area contributed by atoms with Crippen LogP contribution in [0.2, 0.25) is 0 Å². The highest BCUT2D eigenvalue weighted by Crippen LogP contribution is 2.34. The Kier molecular flexibility index (Phi) is 9.34. The van der Waals surface area contributed by atoms with E-state index in [0.29, 0.717) is 24.4 Å². The molecule has 0 saturated carbocycles. The summed E-state index contributed by atoms with van der Waals surface area (Å²) in [7, 11) is 2.07. The van der Waals surface area contributed by atoms with Gasteiger partial charge in [0.25, 0.3) is 0 Å². The molecule has 1 aliphatic heterocycles. The van der Waals surface area contributed by atoms with Gasteiger partial charge in [0.2, 0.25) is 10.0 Å². The Morgan fingerprint density at radius 3 is 2.54 bits per heavy atom. The molecule has 0 aliphatic carbocycles. The van der Waals surface area contributed by atoms with Crippen LogP contribution >= 0.6 is 0 Å². The number of aliphatic hydroxyl groups excluding tert-OH is 1. The first-order valence-electron chi connectivity index (χ1n) is 11.9. The molecule has 0 fully saturated rings. The second-order valence-electron chi connectivity index (χ2n) is 9.62. The van der Waals surface area contributed by atoms with Crippen molar-refractivity contribution in [2.45, 2.75) is 37.4 Å². The number of rotatable bonds is 7. The lowest BCUT2D eigenvalue weighted by Gasteiger charge is -2.37. The van der Waals surface area contributed by atoms with Crippen LogP contribution in [-0.4, -0.2) is 87.2 Å². The van der Waals surface area contributed by atoms with Crippen molar-refractivity contribution in [2.24, 2.45) is 5.92 Å². The van der Waals surface area contributed by atoms with Crippen molar-refractivity contribution in [3.8, 4) is 17.6 Å². The highest BCUT2D eigenvalue weighted by Gasteiger charge is 2.38. The Hall–Kier alpha value is -2.41. The molecule has 0 radical (unpaired) electrons. The molecule has 1 aliphatic rings. The van der Waals surface area contributed by atoms with Crippen LogP contribution in [0.15, 0.2) is 53.4 Å². The second-order valence-corrected chi connectivity index (χ2v) is 11.5. The molecule has 0 aromatic heterocycles. The van der Waals surface area contributed by atoms with Gasteiger partial charge in [-0.2, -0.15) is 4.31 Å². The largest absolute Gasteiger partial charge is 0.487 e. The molecule has 8 heteroatoms. The third kappa shape index (κ3) is 7.06. The molecule has 1 N–H and O–H groups in total. The number of ether oxygens (including phenoxy) is 1. The SMILES string of the molecule is C[C@@H]1CN([C@H](C)CO)S(=O)(=O)c2ccc(C#CCN(C)C)cc2O[C@H]1CN(C)Cc1ccccc1. The third-order valence-corrected chi connectivity index (χ3v) is 8.10. The van der Waals surface area contributed by atoms with E-state index in [9.17, 15) is 13.5 Å². The van der Waals surface area contributed by atoms with Gasteiger partial charge in [-0.3, -0.25) is 9.80 Å². The Balaban J connectivity index is 1.97. The monoisotopic (exact) mass is 499 g/mol. The highest BCUT2D eigenvalue weighted by molar-refractivity contribution is 7.89. The molecule has 3 atom stereocenters. The normalized spacial score (nSPS) is 20.8. The number of sulfonamides is 1. The summed E-state index contributed by atoms with van der Waals surface area (Å²) >= 11 is 0. The van der Waals surface area contributed by atoms with Crippen LogP contribution in [0.1, 0.15) is 25.0 Å². The first-order chi connectivity index (χ1) is 16.6. The minimum atomic E-state index is -3.86. The topological polar surface area (TPSA) is 73.3 Å². The zero-order valence-corrected chi connectivity index (χ0v) is 22.1. The molecular weight excluding hydrogens is 462 g/mol. The average molecular weight is 500 g/mol. The van der Waals surface area contributed by atoms with Gasteiger partial charge in [0, 0.05) is 37.2 Å². The molecule has 35 heavy (non-hydrogen) atoms. The molecule has 3 rings (SSSR count). The maximum Gasteiger partial charge on any atom is 0.247 e. The van der Waals surface area contributed by atoms with Crippen molar-refractivity contribution in [2.75, 3.05) is 47.4 Å². The van der Waals surface area contributed by atoms with E-state index in [0.717, 1.165) is 6.54 Å². The third-order valence-electron chi connectivity index (χ3n) is 6.08. The lowest BCUT2D eigenvalue weighted by atomic mass is 10.0. The first-order valence-corrected chi connectivity index (χ1v) is 13.3. The molecule has 1 heterocycles. The quantitative estimate of drug-likeness (QED) is 0.591. The smallest absolute Gasteiger partial charge is 0.247 e. The van der Waals surface area contributed by atoms with E-state index >= 15 is 0 Å². The zero-order valence-electron chi connectivity index (χ0n) is 21.3. The second kappa shape index (κ2) is 12.0. The van der Waals surface area contributed by atoms with Crippen LogP contribution in [0.3, 0.4) is 0 Å². The van der Waals surface area contributed by atoms with Crippen molar-refractivity contribution in [3.63, 3.8) is 0 Å². The molecular formula is C27H37N3O4S. The predicted octanol–water partition coefficient (Wildman–Crippen LogP) is 2.50. The summed E-state index contributed by atoms with van der Waals surface area (Å²) in [5.74, 6) is 6.40. The summed E-state index contributed by atoms with van der Waals surface area (Å²) < 4.78 is 35.0. The van der Waals surface area contributed by atoms with Crippen molar-refractivity contribution in [3.05, 3.63) is 59.7 Å². The van der Waals surface area contributed by atoms with Crippen LogP contribution < -0.4 is 4.74 Å². The Labute approximate surface area is 210 Å². The molecule has 0 saturated heterocycles.